The van der Waals surface area contributed by atoms with Crippen molar-refractivity contribution in [3.63, 3.8) is 0 Å². The zero-order valence-electron chi connectivity index (χ0n) is 7.61. The standard InChI is InChI=1S/C11H6FNOS/c12-7-3-4-8-9(6-7)14-11(13-8)10-2-1-5-15-10/h1-6H. The van der Waals surface area contributed by atoms with Gasteiger partial charge >= 0.3 is 0 Å². The van der Waals surface area contributed by atoms with Crippen LogP contribution in [0.4, 0.5) is 4.39 Å². The van der Waals surface area contributed by atoms with Crippen LogP contribution in [0.15, 0.2) is 40.1 Å². The fraction of sp³-hybridized carbons (Fsp3) is 0. The molecule has 0 amide bonds. The first-order valence-electron chi connectivity index (χ1n) is 4.43. The first-order chi connectivity index (χ1) is 7.33. The minimum atomic E-state index is -0.309. The van der Waals surface area contributed by atoms with Gasteiger partial charge in [0.15, 0.2) is 5.58 Å². The molecule has 1 aromatic carbocycles. The van der Waals surface area contributed by atoms with Crippen LogP contribution in [0.25, 0.3) is 21.9 Å². The summed E-state index contributed by atoms with van der Waals surface area (Å²) in [7, 11) is 0. The van der Waals surface area contributed by atoms with Crippen LogP contribution in [0.3, 0.4) is 0 Å². The molecule has 15 heavy (non-hydrogen) atoms. The molecule has 0 radical (unpaired) electrons. The maximum Gasteiger partial charge on any atom is 0.237 e. The third kappa shape index (κ3) is 1.43. The van der Waals surface area contributed by atoms with Crippen molar-refractivity contribution in [3.8, 4) is 10.8 Å². The molecule has 0 aliphatic carbocycles. The molecule has 4 heteroatoms. The number of nitrogens with zero attached hydrogens (tertiary/aromatic N) is 1. The zero-order chi connectivity index (χ0) is 10.3. The first-order valence-corrected chi connectivity index (χ1v) is 5.31. The quantitative estimate of drug-likeness (QED) is 0.623. The number of hydrogen-bond acceptors (Lipinski definition) is 3. The predicted octanol–water partition coefficient (Wildman–Crippen LogP) is 3.70. The highest BCUT2D eigenvalue weighted by Crippen LogP contribution is 2.27. The molecule has 0 aliphatic heterocycles. The lowest BCUT2D eigenvalue weighted by Gasteiger charge is -1.85. The van der Waals surface area contributed by atoms with Crippen LogP contribution < -0.4 is 0 Å². The summed E-state index contributed by atoms with van der Waals surface area (Å²) in [6.07, 6.45) is 0. The Labute approximate surface area is 89.0 Å². The fourth-order valence-corrected chi connectivity index (χ4v) is 2.05. The molecular weight excluding hydrogens is 213 g/mol. The number of hydrogen-bond donors (Lipinski definition) is 0. The SMILES string of the molecule is Fc1ccc2nc(-c3cccs3)oc2c1. The molecule has 3 aromatic rings. The van der Waals surface area contributed by atoms with Crippen molar-refractivity contribution in [2.75, 3.05) is 0 Å². The van der Waals surface area contributed by atoms with Crippen molar-refractivity contribution in [1.29, 1.82) is 0 Å². The van der Waals surface area contributed by atoms with Gasteiger partial charge in [0.1, 0.15) is 11.3 Å². The second-order valence-corrected chi connectivity index (χ2v) is 4.06. The van der Waals surface area contributed by atoms with Crippen molar-refractivity contribution < 1.29 is 8.81 Å². The first kappa shape index (κ1) is 8.61. The van der Waals surface area contributed by atoms with E-state index in [0.717, 1.165) is 4.88 Å². The smallest absolute Gasteiger partial charge is 0.237 e. The Balaban J connectivity index is 2.22. The Bertz CT molecular complexity index is 600. The van der Waals surface area contributed by atoms with Gasteiger partial charge in [0.05, 0.1) is 4.88 Å². The number of rotatable bonds is 1. The number of fused-ring (bicyclic) bond motifs is 1. The van der Waals surface area contributed by atoms with Crippen LogP contribution in [0, 0.1) is 5.82 Å². The maximum atomic E-state index is 12.9. The average Bonchev–Trinajstić information content (AvgIpc) is 2.84. The van der Waals surface area contributed by atoms with Crippen LogP contribution in [0.2, 0.25) is 0 Å². The molecule has 0 atom stereocenters. The van der Waals surface area contributed by atoms with Crippen LogP contribution in [-0.4, -0.2) is 4.98 Å². The zero-order valence-corrected chi connectivity index (χ0v) is 8.42. The summed E-state index contributed by atoms with van der Waals surface area (Å²) < 4.78 is 18.4. The van der Waals surface area contributed by atoms with E-state index in [1.54, 1.807) is 17.4 Å². The van der Waals surface area contributed by atoms with E-state index in [9.17, 15) is 4.39 Å². The maximum absolute atomic E-state index is 12.9. The summed E-state index contributed by atoms with van der Waals surface area (Å²) >= 11 is 1.55. The number of benzene rings is 1. The van der Waals surface area contributed by atoms with Gasteiger partial charge in [0.2, 0.25) is 5.89 Å². The summed E-state index contributed by atoms with van der Waals surface area (Å²) in [4.78, 5) is 5.22. The van der Waals surface area contributed by atoms with Crippen molar-refractivity contribution in [2.45, 2.75) is 0 Å². The summed E-state index contributed by atoms with van der Waals surface area (Å²) in [5.41, 5.74) is 1.17. The molecule has 0 aliphatic rings. The molecule has 74 valence electrons. The van der Waals surface area contributed by atoms with Gasteiger partial charge in [-0.2, -0.15) is 0 Å². The van der Waals surface area contributed by atoms with Crippen LogP contribution in [0.1, 0.15) is 0 Å². The fourth-order valence-electron chi connectivity index (χ4n) is 1.40. The Morgan fingerprint density at radius 3 is 3.00 bits per heavy atom. The molecule has 0 N–H and O–H groups in total. The molecule has 2 aromatic heterocycles. The van der Waals surface area contributed by atoms with Crippen molar-refractivity contribution in [3.05, 3.63) is 41.5 Å². The number of thiophene rings is 1. The highest BCUT2D eigenvalue weighted by molar-refractivity contribution is 7.13. The van der Waals surface area contributed by atoms with Gasteiger partial charge in [-0.1, -0.05) is 6.07 Å². The molecule has 0 saturated carbocycles. The molecule has 0 spiro atoms. The number of halogens is 1. The summed E-state index contributed by atoms with van der Waals surface area (Å²) in [6, 6.07) is 8.19. The number of oxazole rings is 1. The van der Waals surface area contributed by atoms with Crippen LogP contribution in [0.5, 0.6) is 0 Å². The average molecular weight is 219 g/mol. The van der Waals surface area contributed by atoms with Crippen molar-refractivity contribution >= 4 is 22.4 Å². The second-order valence-electron chi connectivity index (χ2n) is 3.11. The van der Waals surface area contributed by atoms with Gasteiger partial charge in [0, 0.05) is 6.07 Å². The van der Waals surface area contributed by atoms with Crippen LogP contribution >= 0.6 is 11.3 Å². The highest BCUT2D eigenvalue weighted by atomic mass is 32.1. The predicted molar refractivity (Wildman–Crippen MR) is 57.3 cm³/mol. The van der Waals surface area contributed by atoms with E-state index in [1.807, 2.05) is 17.5 Å². The third-order valence-electron chi connectivity index (χ3n) is 2.08. The topological polar surface area (TPSA) is 26.0 Å². The molecule has 0 fully saturated rings. The van der Waals surface area contributed by atoms with Crippen LogP contribution in [-0.2, 0) is 0 Å². The lowest BCUT2D eigenvalue weighted by molar-refractivity contribution is 0.603. The van der Waals surface area contributed by atoms with E-state index in [1.165, 1.54) is 12.1 Å². The number of aromatic nitrogens is 1. The minimum Gasteiger partial charge on any atom is -0.435 e. The minimum absolute atomic E-state index is 0.309. The van der Waals surface area contributed by atoms with Crippen molar-refractivity contribution in [1.82, 2.24) is 4.98 Å². The summed E-state index contributed by atoms with van der Waals surface area (Å²) in [5.74, 6) is 0.238. The molecular formula is C11H6FNOS. The van der Waals surface area contributed by atoms with Gasteiger partial charge in [-0.15, -0.1) is 11.3 Å². The molecule has 2 heterocycles. The van der Waals surface area contributed by atoms with E-state index < -0.39 is 0 Å². The van der Waals surface area contributed by atoms with E-state index >= 15 is 0 Å². The summed E-state index contributed by atoms with van der Waals surface area (Å²) in [6.45, 7) is 0. The van der Waals surface area contributed by atoms with E-state index in [0.29, 0.717) is 17.0 Å². The van der Waals surface area contributed by atoms with Gasteiger partial charge < -0.3 is 4.42 Å². The van der Waals surface area contributed by atoms with Crippen molar-refractivity contribution in [2.24, 2.45) is 0 Å². The molecule has 0 saturated heterocycles. The monoisotopic (exact) mass is 219 g/mol. The molecule has 3 rings (SSSR count). The molecule has 0 unspecified atom stereocenters. The van der Waals surface area contributed by atoms with Gasteiger partial charge in [-0.3, -0.25) is 0 Å². The van der Waals surface area contributed by atoms with E-state index in [2.05, 4.69) is 4.98 Å². The molecule has 2 nitrogen and oxygen atoms in total. The largest absolute Gasteiger partial charge is 0.435 e. The second kappa shape index (κ2) is 3.17. The van der Waals surface area contributed by atoms with Gasteiger partial charge in [0.25, 0.3) is 0 Å². The van der Waals surface area contributed by atoms with E-state index in [-0.39, 0.29) is 5.82 Å². The molecule has 0 bridgehead atoms. The van der Waals surface area contributed by atoms with Gasteiger partial charge in [-0.05, 0) is 23.6 Å². The Morgan fingerprint density at radius 2 is 2.20 bits per heavy atom. The summed E-state index contributed by atoms with van der Waals surface area (Å²) in [5, 5.41) is 1.95. The third-order valence-corrected chi connectivity index (χ3v) is 2.94. The Morgan fingerprint density at radius 1 is 1.27 bits per heavy atom. The normalized spacial score (nSPS) is 11.0. The van der Waals surface area contributed by atoms with Gasteiger partial charge in [-0.25, -0.2) is 9.37 Å². The van der Waals surface area contributed by atoms with E-state index in [4.69, 9.17) is 4.42 Å². The Kier molecular flexibility index (Phi) is 1.82. The highest BCUT2D eigenvalue weighted by Gasteiger charge is 2.08. The lowest BCUT2D eigenvalue weighted by Crippen LogP contribution is -1.71. The lowest BCUT2D eigenvalue weighted by atomic mass is 10.3. The Hall–Kier alpha value is -1.68.